The average molecular weight is 352 g/mol. The van der Waals surface area contributed by atoms with Crippen LogP contribution in [0.5, 0.6) is 11.5 Å². The number of aromatic nitrogens is 2. The number of halogens is 1. The van der Waals surface area contributed by atoms with Gasteiger partial charge in [0.1, 0.15) is 17.4 Å². The van der Waals surface area contributed by atoms with Crippen molar-refractivity contribution in [3.63, 3.8) is 0 Å². The van der Waals surface area contributed by atoms with Gasteiger partial charge in [0.25, 0.3) is 0 Å². The molecule has 0 amide bonds. The van der Waals surface area contributed by atoms with Gasteiger partial charge in [0.2, 0.25) is 0 Å². The van der Waals surface area contributed by atoms with Crippen LogP contribution >= 0.6 is 0 Å². The van der Waals surface area contributed by atoms with Crippen molar-refractivity contribution in [2.75, 3.05) is 25.7 Å². The highest BCUT2D eigenvalue weighted by atomic mass is 19.1. The van der Waals surface area contributed by atoms with E-state index >= 15 is 4.39 Å². The number of hydrogen-bond donors (Lipinski definition) is 0. The van der Waals surface area contributed by atoms with E-state index in [0.717, 1.165) is 5.52 Å². The molecule has 0 saturated carbocycles. The number of fused-ring (bicyclic) bond motifs is 1. The Hall–Kier alpha value is -3.40. The van der Waals surface area contributed by atoms with Gasteiger partial charge < -0.3 is 14.4 Å². The molecule has 0 fully saturated rings. The van der Waals surface area contributed by atoms with Crippen molar-refractivity contribution in [1.29, 1.82) is 5.26 Å². The van der Waals surface area contributed by atoms with E-state index in [0.29, 0.717) is 17.9 Å². The zero-order valence-corrected chi connectivity index (χ0v) is 14.7. The number of methoxy groups -OCH3 is 2. The summed E-state index contributed by atoms with van der Waals surface area (Å²) in [4.78, 5) is 10.6. The Balaban J connectivity index is 2.19. The van der Waals surface area contributed by atoms with Crippen LogP contribution in [0.25, 0.3) is 11.0 Å². The third-order valence-electron chi connectivity index (χ3n) is 4.02. The largest absolute Gasteiger partial charge is 0.495 e. The molecule has 7 heteroatoms. The highest BCUT2D eigenvalue weighted by Crippen LogP contribution is 2.39. The third-order valence-corrected chi connectivity index (χ3v) is 4.02. The normalized spacial score (nSPS) is 10.4. The van der Waals surface area contributed by atoms with E-state index < -0.39 is 5.82 Å². The van der Waals surface area contributed by atoms with Crippen LogP contribution in [-0.2, 0) is 0 Å². The molecule has 0 aliphatic heterocycles. The lowest BCUT2D eigenvalue weighted by molar-refractivity contribution is 0.372. The molecular formula is C19H17FN4O2. The molecule has 6 nitrogen and oxygen atoms in total. The molecule has 0 aliphatic rings. The summed E-state index contributed by atoms with van der Waals surface area (Å²) in [6.07, 6.45) is 1.59. The molecule has 2 aromatic carbocycles. The van der Waals surface area contributed by atoms with E-state index in [1.54, 1.807) is 11.1 Å². The minimum Gasteiger partial charge on any atom is -0.495 e. The van der Waals surface area contributed by atoms with Gasteiger partial charge in [-0.05, 0) is 19.1 Å². The number of nitrogens with zero attached hydrogens (tertiary/aromatic N) is 4. The summed E-state index contributed by atoms with van der Waals surface area (Å²) in [7, 11) is 2.73. The van der Waals surface area contributed by atoms with Crippen LogP contribution in [0.4, 0.5) is 15.9 Å². The molecule has 0 atom stereocenters. The average Bonchev–Trinajstić information content (AvgIpc) is 2.69. The van der Waals surface area contributed by atoms with Crippen molar-refractivity contribution in [3.05, 3.63) is 47.9 Å². The van der Waals surface area contributed by atoms with E-state index in [2.05, 4.69) is 9.97 Å². The molecule has 0 aliphatic carbocycles. The van der Waals surface area contributed by atoms with Crippen molar-refractivity contribution in [2.45, 2.75) is 6.92 Å². The molecule has 0 spiro atoms. The SMILES string of the molecule is CCN(c1cnc2ccccc2n1)c1cc(OC)c(C#N)c(OC)c1F. The van der Waals surface area contributed by atoms with E-state index in [4.69, 9.17) is 9.47 Å². The van der Waals surface area contributed by atoms with Crippen LogP contribution in [0.15, 0.2) is 36.5 Å². The van der Waals surface area contributed by atoms with Gasteiger partial charge in [0.05, 0.1) is 37.1 Å². The first-order valence-corrected chi connectivity index (χ1v) is 7.98. The zero-order valence-electron chi connectivity index (χ0n) is 14.7. The number of benzene rings is 2. The highest BCUT2D eigenvalue weighted by molar-refractivity contribution is 5.77. The highest BCUT2D eigenvalue weighted by Gasteiger charge is 2.24. The number of ether oxygens (including phenoxy) is 2. The van der Waals surface area contributed by atoms with Crippen molar-refractivity contribution < 1.29 is 13.9 Å². The minimum atomic E-state index is -0.651. The van der Waals surface area contributed by atoms with Crippen molar-refractivity contribution in [2.24, 2.45) is 0 Å². The molecule has 0 saturated heterocycles. The van der Waals surface area contributed by atoms with Crippen LogP contribution < -0.4 is 14.4 Å². The predicted molar refractivity (Wildman–Crippen MR) is 96.4 cm³/mol. The second-order valence-electron chi connectivity index (χ2n) is 5.39. The van der Waals surface area contributed by atoms with Crippen molar-refractivity contribution in [3.8, 4) is 17.6 Å². The Kier molecular flexibility index (Phi) is 4.85. The number of rotatable bonds is 5. The summed E-state index contributed by atoms with van der Waals surface area (Å²) < 4.78 is 25.4. The maximum Gasteiger partial charge on any atom is 0.190 e. The van der Waals surface area contributed by atoms with E-state index in [9.17, 15) is 5.26 Å². The maximum atomic E-state index is 15.1. The van der Waals surface area contributed by atoms with Crippen LogP contribution in [0.1, 0.15) is 12.5 Å². The summed E-state index contributed by atoms with van der Waals surface area (Å²) in [5, 5.41) is 9.30. The second-order valence-corrected chi connectivity index (χ2v) is 5.39. The monoisotopic (exact) mass is 352 g/mol. The van der Waals surface area contributed by atoms with E-state index in [1.165, 1.54) is 20.3 Å². The number of nitriles is 1. The Bertz CT molecular complexity index is 1000. The fourth-order valence-corrected chi connectivity index (χ4v) is 2.79. The predicted octanol–water partition coefficient (Wildman–Crippen LogP) is 3.82. The van der Waals surface area contributed by atoms with Crippen LogP contribution in [0, 0.1) is 17.1 Å². The fourth-order valence-electron chi connectivity index (χ4n) is 2.79. The van der Waals surface area contributed by atoms with Crippen molar-refractivity contribution >= 4 is 22.5 Å². The molecule has 0 radical (unpaired) electrons. The molecule has 132 valence electrons. The molecule has 0 bridgehead atoms. The minimum absolute atomic E-state index is 0.0110. The number of para-hydroxylation sites is 2. The number of anilines is 2. The topological polar surface area (TPSA) is 71.3 Å². The smallest absolute Gasteiger partial charge is 0.190 e. The summed E-state index contributed by atoms with van der Waals surface area (Å²) in [5.41, 5.74) is 1.67. The lowest BCUT2D eigenvalue weighted by Gasteiger charge is -2.24. The Morgan fingerprint density at radius 3 is 2.54 bits per heavy atom. The molecule has 0 unspecified atom stereocenters. The van der Waals surface area contributed by atoms with Gasteiger partial charge in [0.15, 0.2) is 17.4 Å². The summed E-state index contributed by atoms with van der Waals surface area (Å²) in [5.74, 6) is -0.0948. The molecule has 3 aromatic rings. The standard InChI is InChI=1S/C19H17FN4O2/c1-4-24(17-11-22-13-7-5-6-8-14(13)23-17)15-9-16(25-2)12(10-21)19(26-3)18(15)20/h5-9,11H,4H2,1-3H3. The lowest BCUT2D eigenvalue weighted by atomic mass is 10.1. The first-order chi connectivity index (χ1) is 12.6. The first kappa shape index (κ1) is 17.4. The van der Waals surface area contributed by atoms with Gasteiger partial charge in [-0.2, -0.15) is 5.26 Å². The molecule has 1 heterocycles. The van der Waals surface area contributed by atoms with Gasteiger partial charge in [-0.15, -0.1) is 0 Å². The van der Waals surface area contributed by atoms with Crippen LogP contribution in [-0.4, -0.2) is 30.7 Å². The van der Waals surface area contributed by atoms with Gasteiger partial charge in [-0.3, -0.25) is 4.98 Å². The van der Waals surface area contributed by atoms with Crippen LogP contribution in [0.3, 0.4) is 0 Å². The molecule has 26 heavy (non-hydrogen) atoms. The summed E-state index contributed by atoms with van der Waals surface area (Å²) in [6, 6.07) is 10.8. The summed E-state index contributed by atoms with van der Waals surface area (Å²) >= 11 is 0. The Labute approximate surface area is 150 Å². The lowest BCUT2D eigenvalue weighted by Crippen LogP contribution is -2.20. The Morgan fingerprint density at radius 1 is 1.19 bits per heavy atom. The molecule has 3 rings (SSSR count). The van der Waals surface area contributed by atoms with E-state index in [-0.39, 0.29) is 22.7 Å². The van der Waals surface area contributed by atoms with Crippen LogP contribution in [0.2, 0.25) is 0 Å². The zero-order chi connectivity index (χ0) is 18.7. The fraction of sp³-hybridized carbons (Fsp3) is 0.211. The van der Waals surface area contributed by atoms with Crippen molar-refractivity contribution in [1.82, 2.24) is 9.97 Å². The molecule has 1 aromatic heterocycles. The summed E-state index contributed by atoms with van der Waals surface area (Å²) in [6.45, 7) is 2.30. The van der Waals surface area contributed by atoms with Gasteiger partial charge in [-0.1, -0.05) is 12.1 Å². The number of hydrogen-bond acceptors (Lipinski definition) is 6. The molecular weight excluding hydrogens is 335 g/mol. The first-order valence-electron chi connectivity index (χ1n) is 7.98. The maximum absolute atomic E-state index is 15.1. The Morgan fingerprint density at radius 2 is 1.92 bits per heavy atom. The third kappa shape index (κ3) is 2.86. The van der Waals surface area contributed by atoms with Gasteiger partial charge in [-0.25, -0.2) is 9.37 Å². The molecule has 0 N–H and O–H groups in total. The van der Waals surface area contributed by atoms with Gasteiger partial charge >= 0.3 is 0 Å². The van der Waals surface area contributed by atoms with E-state index in [1.807, 2.05) is 37.3 Å². The quantitative estimate of drug-likeness (QED) is 0.695. The second kappa shape index (κ2) is 7.23. The van der Waals surface area contributed by atoms with Gasteiger partial charge in [0, 0.05) is 12.6 Å².